The molecule has 3 heterocycles. The largest absolute Gasteiger partial charge is 0.481 e. The standard InChI is InChI=1S/C24H19ClN4O2S/c1-12-8-18-22(21(17(12)10-20(30)31)14-4-6-16(25)7-5-14)32-24(28-18)15-9-19-23(26-11-15)29(3)13(2)27-19/h4-9,11H,10H2,1-3H3,(H,30,31). The number of rotatable bonds is 4. The molecule has 3 aromatic heterocycles. The SMILES string of the molecule is Cc1cc2nc(-c3cnc4c(c3)nc(C)n4C)sc2c(-c2ccc(Cl)cc2)c1CC(=O)O. The highest BCUT2D eigenvalue weighted by atomic mass is 35.5. The maximum Gasteiger partial charge on any atom is 0.307 e. The Morgan fingerprint density at radius 3 is 2.56 bits per heavy atom. The number of benzene rings is 2. The van der Waals surface area contributed by atoms with Gasteiger partial charge in [0.2, 0.25) is 0 Å². The van der Waals surface area contributed by atoms with Gasteiger partial charge in [-0.15, -0.1) is 11.3 Å². The number of fused-ring (bicyclic) bond motifs is 2. The van der Waals surface area contributed by atoms with Crippen LogP contribution < -0.4 is 0 Å². The summed E-state index contributed by atoms with van der Waals surface area (Å²) in [5, 5.41) is 11.0. The normalized spacial score (nSPS) is 11.5. The predicted molar refractivity (Wildman–Crippen MR) is 128 cm³/mol. The number of carboxylic acids is 1. The van der Waals surface area contributed by atoms with Crippen LogP contribution >= 0.6 is 22.9 Å². The lowest BCUT2D eigenvalue weighted by Gasteiger charge is -2.13. The van der Waals surface area contributed by atoms with Crippen LogP contribution in [0.3, 0.4) is 0 Å². The minimum Gasteiger partial charge on any atom is -0.481 e. The quantitative estimate of drug-likeness (QED) is 0.364. The summed E-state index contributed by atoms with van der Waals surface area (Å²) < 4.78 is 2.90. The second-order valence-corrected chi connectivity index (χ2v) is 9.21. The zero-order valence-corrected chi connectivity index (χ0v) is 19.3. The van der Waals surface area contributed by atoms with E-state index in [4.69, 9.17) is 16.6 Å². The Morgan fingerprint density at radius 1 is 1.09 bits per heavy atom. The molecule has 0 saturated heterocycles. The lowest BCUT2D eigenvalue weighted by Crippen LogP contribution is -2.04. The Hall–Kier alpha value is -3.29. The van der Waals surface area contributed by atoms with Gasteiger partial charge in [0.15, 0.2) is 5.65 Å². The molecule has 0 saturated carbocycles. The van der Waals surface area contributed by atoms with Gasteiger partial charge in [0.1, 0.15) is 16.3 Å². The smallest absolute Gasteiger partial charge is 0.307 e. The average Bonchev–Trinajstić information content (AvgIpc) is 3.29. The molecular weight excluding hydrogens is 444 g/mol. The van der Waals surface area contributed by atoms with Crippen molar-refractivity contribution >= 4 is 50.3 Å². The lowest BCUT2D eigenvalue weighted by molar-refractivity contribution is -0.136. The van der Waals surface area contributed by atoms with Crippen molar-refractivity contribution in [1.82, 2.24) is 19.5 Å². The minimum atomic E-state index is -0.868. The van der Waals surface area contributed by atoms with Gasteiger partial charge in [-0.05, 0) is 54.8 Å². The average molecular weight is 463 g/mol. The van der Waals surface area contributed by atoms with Gasteiger partial charge >= 0.3 is 5.97 Å². The zero-order chi connectivity index (χ0) is 22.6. The highest BCUT2D eigenvalue weighted by Gasteiger charge is 2.20. The number of carboxylic acid groups (broad SMARTS) is 1. The Morgan fingerprint density at radius 2 is 1.84 bits per heavy atom. The van der Waals surface area contributed by atoms with E-state index in [1.54, 1.807) is 0 Å². The van der Waals surface area contributed by atoms with Crippen molar-refractivity contribution in [2.75, 3.05) is 0 Å². The van der Waals surface area contributed by atoms with E-state index in [-0.39, 0.29) is 6.42 Å². The molecule has 32 heavy (non-hydrogen) atoms. The number of thiazole rings is 1. The molecule has 0 amide bonds. The predicted octanol–water partition coefficient (Wildman–Crippen LogP) is 5.81. The van der Waals surface area contributed by atoms with Crippen LogP contribution in [0.1, 0.15) is 17.0 Å². The van der Waals surface area contributed by atoms with Crippen LogP contribution in [-0.2, 0) is 18.3 Å². The summed E-state index contributed by atoms with van der Waals surface area (Å²) in [6.45, 7) is 3.88. The number of carbonyl (C=O) groups is 1. The van der Waals surface area contributed by atoms with Crippen molar-refractivity contribution in [3.05, 3.63) is 64.6 Å². The molecule has 0 aliphatic carbocycles. The fourth-order valence-electron chi connectivity index (χ4n) is 3.97. The first-order chi connectivity index (χ1) is 15.3. The first-order valence-electron chi connectivity index (χ1n) is 10.0. The Labute approximate surface area is 193 Å². The van der Waals surface area contributed by atoms with E-state index in [1.807, 2.05) is 68.1 Å². The number of aliphatic carboxylic acids is 1. The number of pyridine rings is 1. The fourth-order valence-corrected chi connectivity index (χ4v) is 5.21. The number of halogens is 1. The highest BCUT2D eigenvalue weighted by molar-refractivity contribution is 7.22. The monoisotopic (exact) mass is 462 g/mol. The first-order valence-corrected chi connectivity index (χ1v) is 11.2. The molecule has 0 unspecified atom stereocenters. The number of hydrogen-bond acceptors (Lipinski definition) is 5. The molecule has 6 nitrogen and oxygen atoms in total. The minimum absolute atomic E-state index is 0.0618. The van der Waals surface area contributed by atoms with Crippen molar-refractivity contribution in [3.8, 4) is 21.7 Å². The molecule has 0 radical (unpaired) electrons. The van der Waals surface area contributed by atoms with Crippen LogP contribution in [0.25, 0.3) is 43.1 Å². The summed E-state index contributed by atoms with van der Waals surface area (Å²) in [5.74, 6) is 0.0282. The van der Waals surface area contributed by atoms with E-state index in [9.17, 15) is 9.90 Å². The third-order valence-corrected chi connectivity index (χ3v) is 7.04. The molecule has 8 heteroatoms. The zero-order valence-electron chi connectivity index (χ0n) is 17.7. The van der Waals surface area contributed by atoms with Crippen LogP contribution in [0.5, 0.6) is 0 Å². The maximum atomic E-state index is 11.6. The number of aryl methyl sites for hydroxylation is 3. The van der Waals surface area contributed by atoms with Crippen LogP contribution in [0.4, 0.5) is 0 Å². The number of imidazole rings is 1. The van der Waals surface area contributed by atoms with Gasteiger partial charge in [-0.3, -0.25) is 4.79 Å². The third kappa shape index (κ3) is 3.43. The van der Waals surface area contributed by atoms with Gasteiger partial charge in [-0.25, -0.2) is 15.0 Å². The number of nitrogens with zero attached hydrogens (tertiary/aromatic N) is 4. The topological polar surface area (TPSA) is 80.9 Å². The van der Waals surface area contributed by atoms with E-state index in [0.29, 0.717) is 5.02 Å². The molecule has 0 aliphatic heterocycles. The molecule has 0 aliphatic rings. The van der Waals surface area contributed by atoms with Crippen LogP contribution in [-0.4, -0.2) is 30.6 Å². The maximum absolute atomic E-state index is 11.6. The van der Waals surface area contributed by atoms with Crippen LogP contribution in [0.15, 0.2) is 42.6 Å². The molecular formula is C24H19ClN4O2S. The van der Waals surface area contributed by atoms with E-state index >= 15 is 0 Å². The number of hydrogen-bond donors (Lipinski definition) is 1. The summed E-state index contributed by atoms with van der Waals surface area (Å²) >= 11 is 7.63. The van der Waals surface area contributed by atoms with Crippen molar-refractivity contribution in [2.45, 2.75) is 20.3 Å². The molecule has 0 fully saturated rings. The summed E-state index contributed by atoms with van der Waals surface area (Å²) in [6, 6.07) is 11.4. The third-order valence-electron chi connectivity index (χ3n) is 5.65. The Balaban J connectivity index is 1.75. The van der Waals surface area contributed by atoms with Gasteiger partial charge in [-0.1, -0.05) is 23.7 Å². The molecule has 2 aromatic carbocycles. The van der Waals surface area contributed by atoms with Crippen molar-refractivity contribution in [2.24, 2.45) is 7.05 Å². The van der Waals surface area contributed by atoms with E-state index in [2.05, 4.69) is 9.97 Å². The van der Waals surface area contributed by atoms with E-state index in [0.717, 1.165) is 60.0 Å². The van der Waals surface area contributed by atoms with Crippen LogP contribution in [0, 0.1) is 13.8 Å². The Kier molecular flexibility index (Phi) is 4.95. The fraction of sp³-hybridized carbons (Fsp3) is 0.167. The summed E-state index contributed by atoms with van der Waals surface area (Å²) in [5.41, 5.74) is 6.87. The van der Waals surface area contributed by atoms with Gasteiger partial charge in [0.25, 0.3) is 0 Å². The molecule has 0 spiro atoms. The second-order valence-electron chi connectivity index (χ2n) is 7.78. The van der Waals surface area contributed by atoms with Gasteiger partial charge in [0.05, 0.1) is 16.6 Å². The van der Waals surface area contributed by atoms with Crippen molar-refractivity contribution < 1.29 is 9.90 Å². The van der Waals surface area contributed by atoms with Gasteiger partial charge in [-0.2, -0.15) is 0 Å². The molecule has 0 bridgehead atoms. The Bertz CT molecular complexity index is 1520. The molecule has 1 N–H and O–H groups in total. The molecule has 160 valence electrons. The molecule has 5 aromatic rings. The summed E-state index contributed by atoms with van der Waals surface area (Å²) in [6.07, 6.45) is 1.75. The van der Waals surface area contributed by atoms with E-state index < -0.39 is 5.97 Å². The van der Waals surface area contributed by atoms with Gasteiger partial charge < -0.3 is 9.67 Å². The first kappa shape index (κ1) is 20.6. The van der Waals surface area contributed by atoms with Crippen molar-refractivity contribution in [1.29, 1.82) is 0 Å². The van der Waals surface area contributed by atoms with Gasteiger partial charge in [0, 0.05) is 29.4 Å². The lowest BCUT2D eigenvalue weighted by atomic mass is 9.93. The summed E-state index contributed by atoms with van der Waals surface area (Å²) in [4.78, 5) is 25.7. The second kappa shape index (κ2) is 7.69. The number of aromatic nitrogens is 4. The molecule has 5 rings (SSSR count). The molecule has 0 atom stereocenters. The van der Waals surface area contributed by atoms with Crippen molar-refractivity contribution in [3.63, 3.8) is 0 Å². The van der Waals surface area contributed by atoms with E-state index in [1.165, 1.54) is 11.3 Å². The highest BCUT2D eigenvalue weighted by Crippen LogP contribution is 2.41. The van der Waals surface area contributed by atoms with Crippen LogP contribution in [0.2, 0.25) is 5.02 Å². The summed E-state index contributed by atoms with van der Waals surface area (Å²) in [7, 11) is 1.94.